The average Bonchev–Trinajstić information content (AvgIpc) is 2.11. The van der Waals surface area contributed by atoms with Gasteiger partial charge in [0.2, 0.25) is 0 Å². The molecule has 0 N–H and O–H groups in total. The van der Waals surface area contributed by atoms with Gasteiger partial charge in [0.05, 0.1) is 0 Å². The minimum absolute atomic E-state index is 1.07. The molecule has 0 radical (unpaired) electrons. The van der Waals surface area contributed by atoms with Gasteiger partial charge in [0, 0.05) is 8.95 Å². The first-order chi connectivity index (χ1) is 6.20. The molecular weight excluding hydrogens is 292 g/mol. The van der Waals surface area contributed by atoms with Crippen LogP contribution in [0.2, 0.25) is 0 Å². The molecule has 0 bridgehead atoms. The highest BCUT2D eigenvalue weighted by molar-refractivity contribution is 9.11. The highest BCUT2D eigenvalue weighted by atomic mass is 79.9. The van der Waals surface area contributed by atoms with E-state index >= 15 is 0 Å². The molecule has 1 aromatic carbocycles. The lowest BCUT2D eigenvalue weighted by atomic mass is 10.1. The summed E-state index contributed by atoms with van der Waals surface area (Å²) in [6.45, 7) is 4.39. The SMILES string of the molecule is CCCc1ccc(Br)c(CC)c1Br. The minimum atomic E-state index is 1.07. The van der Waals surface area contributed by atoms with E-state index in [1.54, 1.807) is 0 Å². The van der Waals surface area contributed by atoms with Gasteiger partial charge >= 0.3 is 0 Å². The summed E-state index contributed by atoms with van der Waals surface area (Å²) in [6, 6.07) is 4.34. The van der Waals surface area contributed by atoms with E-state index in [-0.39, 0.29) is 0 Å². The summed E-state index contributed by atoms with van der Waals surface area (Å²) in [4.78, 5) is 0. The maximum absolute atomic E-state index is 3.66. The molecule has 0 aliphatic rings. The van der Waals surface area contributed by atoms with Gasteiger partial charge in [0.25, 0.3) is 0 Å². The molecule has 0 atom stereocenters. The van der Waals surface area contributed by atoms with Crippen molar-refractivity contribution in [1.82, 2.24) is 0 Å². The minimum Gasteiger partial charge on any atom is -0.0651 e. The van der Waals surface area contributed by atoms with Gasteiger partial charge in [0.15, 0.2) is 0 Å². The van der Waals surface area contributed by atoms with Crippen molar-refractivity contribution < 1.29 is 0 Å². The molecule has 0 nitrogen and oxygen atoms in total. The highest BCUT2D eigenvalue weighted by Crippen LogP contribution is 2.29. The van der Waals surface area contributed by atoms with Crippen molar-refractivity contribution in [2.24, 2.45) is 0 Å². The van der Waals surface area contributed by atoms with Crippen LogP contribution in [0.1, 0.15) is 31.4 Å². The third-order valence-corrected chi connectivity index (χ3v) is 3.87. The molecule has 13 heavy (non-hydrogen) atoms. The van der Waals surface area contributed by atoms with E-state index in [4.69, 9.17) is 0 Å². The topological polar surface area (TPSA) is 0 Å². The first kappa shape index (κ1) is 11.3. The van der Waals surface area contributed by atoms with Crippen LogP contribution in [0.4, 0.5) is 0 Å². The van der Waals surface area contributed by atoms with Crippen molar-refractivity contribution in [3.63, 3.8) is 0 Å². The molecule has 72 valence electrons. The Bertz CT molecular complexity index is 292. The van der Waals surface area contributed by atoms with Crippen LogP contribution in [0.25, 0.3) is 0 Å². The monoisotopic (exact) mass is 304 g/mol. The van der Waals surface area contributed by atoms with Gasteiger partial charge in [-0.3, -0.25) is 0 Å². The Balaban J connectivity index is 3.11. The average molecular weight is 306 g/mol. The Labute approximate surface area is 97.0 Å². The zero-order valence-corrected chi connectivity index (χ0v) is 11.2. The van der Waals surface area contributed by atoms with Gasteiger partial charge in [-0.05, 0) is 30.0 Å². The van der Waals surface area contributed by atoms with E-state index in [2.05, 4.69) is 57.8 Å². The van der Waals surface area contributed by atoms with Crippen molar-refractivity contribution >= 4 is 31.9 Å². The third kappa shape index (κ3) is 2.57. The number of halogens is 2. The van der Waals surface area contributed by atoms with Crippen LogP contribution in [-0.2, 0) is 12.8 Å². The highest BCUT2D eigenvalue weighted by Gasteiger charge is 2.06. The largest absolute Gasteiger partial charge is 0.0651 e. The molecule has 0 saturated heterocycles. The Morgan fingerprint density at radius 1 is 1.15 bits per heavy atom. The lowest BCUT2D eigenvalue weighted by Gasteiger charge is -2.09. The number of aryl methyl sites for hydroxylation is 1. The molecule has 0 heterocycles. The number of rotatable bonds is 3. The second-order valence-electron chi connectivity index (χ2n) is 3.10. The zero-order valence-electron chi connectivity index (χ0n) is 8.03. The number of hydrogen-bond donors (Lipinski definition) is 0. The third-order valence-electron chi connectivity index (χ3n) is 2.14. The molecule has 0 amide bonds. The summed E-state index contributed by atoms with van der Waals surface area (Å²) in [5, 5.41) is 0. The molecule has 2 heteroatoms. The fraction of sp³-hybridized carbons (Fsp3) is 0.455. The van der Waals surface area contributed by atoms with Crippen molar-refractivity contribution in [2.75, 3.05) is 0 Å². The van der Waals surface area contributed by atoms with Gasteiger partial charge in [-0.15, -0.1) is 0 Å². The van der Waals surface area contributed by atoms with Crippen molar-refractivity contribution in [3.8, 4) is 0 Å². The molecule has 0 aliphatic carbocycles. The van der Waals surface area contributed by atoms with Crippen molar-refractivity contribution in [1.29, 1.82) is 0 Å². The first-order valence-corrected chi connectivity index (χ1v) is 6.25. The molecular formula is C11H14Br2. The predicted octanol–water partition coefficient (Wildman–Crippen LogP) is 4.73. The molecule has 1 aromatic rings. The quantitative estimate of drug-likeness (QED) is 0.757. The number of benzene rings is 1. The summed E-state index contributed by atoms with van der Waals surface area (Å²) in [7, 11) is 0. The standard InChI is InChI=1S/C11H14Br2/c1-3-5-8-6-7-10(12)9(4-2)11(8)13/h6-7H,3-5H2,1-2H3. The zero-order chi connectivity index (χ0) is 9.84. The van der Waals surface area contributed by atoms with Crippen LogP contribution in [0.5, 0.6) is 0 Å². The molecule has 0 aliphatic heterocycles. The van der Waals surface area contributed by atoms with Gasteiger partial charge < -0.3 is 0 Å². The van der Waals surface area contributed by atoms with Crippen LogP contribution in [0, 0.1) is 0 Å². The van der Waals surface area contributed by atoms with Crippen LogP contribution in [-0.4, -0.2) is 0 Å². The number of hydrogen-bond acceptors (Lipinski definition) is 0. The van der Waals surface area contributed by atoms with E-state index in [1.165, 1.54) is 26.5 Å². The molecule has 0 unspecified atom stereocenters. The molecule has 0 saturated carbocycles. The van der Waals surface area contributed by atoms with Crippen molar-refractivity contribution in [2.45, 2.75) is 33.1 Å². The summed E-state index contributed by atoms with van der Waals surface area (Å²) in [5.41, 5.74) is 2.80. The van der Waals surface area contributed by atoms with E-state index < -0.39 is 0 Å². The second-order valence-corrected chi connectivity index (χ2v) is 4.75. The van der Waals surface area contributed by atoms with Crippen LogP contribution < -0.4 is 0 Å². The van der Waals surface area contributed by atoms with E-state index in [0.29, 0.717) is 0 Å². The fourth-order valence-electron chi connectivity index (χ4n) is 1.43. The molecule has 0 spiro atoms. The first-order valence-electron chi connectivity index (χ1n) is 4.66. The van der Waals surface area contributed by atoms with Crippen molar-refractivity contribution in [3.05, 3.63) is 32.2 Å². The predicted molar refractivity (Wildman–Crippen MR) is 65.2 cm³/mol. The smallest absolute Gasteiger partial charge is 0.0250 e. The Hall–Kier alpha value is 0.180. The molecule has 0 aromatic heterocycles. The Kier molecular flexibility index (Phi) is 4.47. The van der Waals surface area contributed by atoms with E-state index in [1.807, 2.05) is 0 Å². The van der Waals surface area contributed by atoms with Crippen LogP contribution in [0.15, 0.2) is 21.1 Å². The van der Waals surface area contributed by atoms with Gasteiger partial charge in [0.1, 0.15) is 0 Å². The van der Waals surface area contributed by atoms with E-state index in [9.17, 15) is 0 Å². The summed E-state index contributed by atoms with van der Waals surface area (Å²) >= 11 is 7.23. The fourth-order valence-corrected chi connectivity index (χ4v) is 3.13. The summed E-state index contributed by atoms with van der Waals surface area (Å²) < 4.78 is 2.49. The lowest BCUT2D eigenvalue weighted by Crippen LogP contribution is -1.92. The van der Waals surface area contributed by atoms with Gasteiger partial charge in [-0.1, -0.05) is 58.2 Å². The summed E-state index contributed by atoms with van der Waals surface area (Å²) in [5.74, 6) is 0. The van der Waals surface area contributed by atoms with Crippen LogP contribution in [0.3, 0.4) is 0 Å². The van der Waals surface area contributed by atoms with E-state index in [0.717, 1.165) is 12.8 Å². The molecule has 1 rings (SSSR count). The summed E-state index contributed by atoms with van der Waals surface area (Å²) in [6.07, 6.45) is 3.42. The lowest BCUT2D eigenvalue weighted by molar-refractivity contribution is 0.909. The second kappa shape index (κ2) is 5.16. The molecule has 0 fully saturated rings. The Morgan fingerprint density at radius 3 is 2.38 bits per heavy atom. The maximum atomic E-state index is 3.66. The van der Waals surface area contributed by atoms with Crippen LogP contribution >= 0.6 is 31.9 Å². The van der Waals surface area contributed by atoms with Gasteiger partial charge in [-0.25, -0.2) is 0 Å². The van der Waals surface area contributed by atoms with Gasteiger partial charge in [-0.2, -0.15) is 0 Å². The Morgan fingerprint density at radius 2 is 1.85 bits per heavy atom. The maximum Gasteiger partial charge on any atom is 0.0250 e. The normalized spacial score (nSPS) is 10.5.